The van der Waals surface area contributed by atoms with E-state index in [0.717, 1.165) is 15.8 Å². The van der Waals surface area contributed by atoms with E-state index in [-0.39, 0.29) is 11.9 Å². The van der Waals surface area contributed by atoms with Crippen LogP contribution in [0.25, 0.3) is 11.4 Å². The van der Waals surface area contributed by atoms with Crippen LogP contribution in [0.1, 0.15) is 19.4 Å². The summed E-state index contributed by atoms with van der Waals surface area (Å²) in [5.74, 6) is 1.42. The van der Waals surface area contributed by atoms with Crippen molar-refractivity contribution in [3.8, 4) is 22.9 Å². The number of aromatic hydroxyl groups is 1. The van der Waals surface area contributed by atoms with Gasteiger partial charge in [0.25, 0.3) is 0 Å². The van der Waals surface area contributed by atoms with Gasteiger partial charge in [-0.3, -0.25) is 0 Å². The maximum atomic E-state index is 9.95. The molecule has 1 heterocycles. The molecule has 2 aromatic carbocycles. The number of phenolic OH excluding ortho intramolecular Hbond substituents is 1. The molecule has 2 N–H and O–H groups in total. The second kappa shape index (κ2) is 7.84. The highest BCUT2D eigenvalue weighted by molar-refractivity contribution is 9.10. The van der Waals surface area contributed by atoms with Crippen molar-refractivity contribution in [3.05, 3.63) is 57.3 Å². The van der Waals surface area contributed by atoms with E-state index in [0.29, 0.717) is 16.2 Å². The number of rotatable bonds is 5. The summed E-state index contributed by atoms with van der Waals surface area (Å²) in [7, 11) is 0. The number of aromatic amines is 1. The lowest BCUT2D eigenvalue weighted by Crippen LogP contribution is -2.05. The number of benzene rings is 2. The molecule has 26 heavy (non-hydrogen) atoms. The molecule has 0 aliphatic heterocycles. The maximum absolute atomic E-state index is 9.95. The molecule has 1 aromatic heterocycles. The average molecular weight is 433 g/mol. The van der Waals surface area contributed by atoms with E-state index < -0.39 is 0 Å². The molecule has 0 unspecified atom stereocenters. The third kappa shape index (κ3) is 4.20. The van der Waals surface area contributed by atoms with E-state index >= 15 is 0 Å². The molecule has 0 fully saturated rings. The van der Waals surface area contributed by atoms with Crippen molar-refractivity contribution in [1.29, 1.82) is 0 Å². The largest absolute Gasteiger partial charge is 0.507 e. The number of H-pyrrole nitrogens is 1. The quantitative estimate of drug-likeness (QED) is 0.450. The summed E-state index contributed by atoms with van der Waals surface area (Å²) in [4.78, 5) is 0. The zero-order valence-corrected chi connectivity index (χ0v) is 16.6. The number of halogens is 1. The molecule has 3 aromatic rings. The molecule has 0 aliphatic carbocycles. The third-order valence-corrected chi connectivity index (χ3v) is 4.17. The zero-order valence-electron chi connectivity index (χ0n) is 14.2. The highest BCUT2D eigenvalue weighted by atomic mass is 79.9. The van der Waals surface area contributed by atoms with Gasteiger partial charge in [0.05, 0.1) is 12.3 Å². The maximum Gasteiger partial charge on any atom is 0.216 e. The number of aromatic nitrogens is 3. The minimum atomic E-state index is 0.0728. The number of hydrogen-bond donors (Lipinski definition) is 2. The van der Waals surface area contributed by atoms with Crippen molar-refractivity contribution in [2.24, 2.45) is 5.10 Å². The van der Waals surface area contributed by atoms with Crippen LogP contribution in [0.4, 0.5) is 0 Å². The van der Waals surface area contributed by atoms with E-state index in [1.165, 1.54) is 10.9 Å². The lowest BCUT2D eigenvalue weighted by atomic mass is 10.2. The summed E-state index contributed by atoms with van der Waals surface area (Å²) >= 11 is 8.65. The first-order valence-corrected chi connectivity index (χ1v) is 9.11. The number of phenols is 1. The Kier molecular flexibility index (Phi) is 5.53. The monoisotopic (exact) mass is 432 g/mol. The van der Waals surface area contributed by atoms with E-state index in [9.17, 15) is 5.11 Å². The highest BCUT2D eigenvalue weighted by Gasteiger charge is 2.10. The molecule has 0 amide bonds. The Balaban J connectivity index is 1.98. The number of hydrogen-bond acceptors (Lipinski definition) is 5. The van der Waals surface area contributed by atoms with Gasteiger partial charge in [-0.2, -0.15) is 14.9 Å². The van der Waals surface area contributed by atoms with Crippen LogP contribution in [-0.4, -0.2) is 32.3 Å². The summed E-state index contributed by atoms with van der Waals surface area (Å²) in [6, 6.07) is 12.7. The molecule has 0 atom stereocenters. The molecule has 0 radical (unpaired) electrons. The second-order valence-electron chi connectivity index (χ2n) is 5.81. The molecular formula is C18H17BrN4O2S. The fourth-order valence-corrected chi connectivity index (χ4v) is 2.87. The summed E-state index contributed by atoms with van der Waals surface area (Å²) in [5.41, 5.74) is 1.37. The summed E-state index contributed by atoms with van der Waals surface area (Å²) in [5, 5.41) is 21.3. The van der Waals surface area contributed by atoms with Gasteiger partial charge in [0.2, 0.25) is 4.77 Å². The van der Waals surface area contributed by atoms with Gasteiger partial charge in [-0.25, -0.2) is 5.10 Å². The summed E-state index contributed by atoms with van der Waals surface area (Å²) in [6.45, 7) is 3.94. The second-order valence-corrected chi connectivity index (χ2v) is 7.11. The minimum absolute atomic E-state index is 0.0728. The Bertz CT molecular complexity index is 1010. The smallest absolute Gasteiger partial charge is 0.216 e. The van der Waals surface area contributed by atoms with Crippen LogP contribution in [0.15, 0.2) is 52.0 Å². The Morgan fingerprint density at radius 1 is 1.31 bits per heavy atom. The molecule has 3 rings (SSSR count). The lowest BCUT2D eigenvalue weighted by Gasteiger charge is -2.10. The van der Waals surface area contributed by atoms with Crippen LogP contribution in [0.2, 0.25) is 0 Å². The van der Waals surface area contributed by atoms with E-state index in [2.05, 4.69) is 31.2 Å². The van der Waals surface area contributed by atoms with Crippen molar-refractivity contribution in [3.63, 3.8) is 0 Å². The van der Waals surface area contributed by atoms with E-state index in [1.807, 2.05) is 38.1 Å². The van der Waals surface area contributed by atoms with Gasteiger partial charge in [0.15, 0.2) is 5.82 Å². The van der Waals surface area contributed by atoms with Gasteiger partial charge >= 0.3 is 0 Å². The topological polar surface area (TPSA) is 75.4 Å². The third-order valence-electron chi connectivity index (χ3n) is 3.42. The predicted molar refractivity (Wildman–Crippen MR) is 107 cm³/mol. The molecule has 8 heteroatoms. The first-order chi connectivity index (χ1) is 12.4. The molecule has 0 saturated heterocycles. The first kappa shape index (κ1) is 18.3. The van der Waals surface area contributed by atoms with E-state index in [4.69, 9.17) is 17.0 Å². The first-order valence-electron chi connectivity index (χ1n) is 7.91. The zero-order chi connectivity index (χ0) is 18.7. The van der Waals surface area contributed by atoms with Crippen LogP contribution >= 0.6 is 28.1 Å². The van der Waals surface area contributed by atoms with Crippen LogP contribution in [0.3, 0.4) is 0 Å². The van der Waals surface area contributed by atoms with Crippen molar-refractivity contribution in [1.82, 2.24) is 14.9 Å². The van der Waals surface area contributed by atoms with Crippen molar-refractivity contribution < 1.29 is 9.84 Å². The van der Waals surface area contributed by atoms with Gasteiger partial charge in [-0.15, -0.1) is 0 Å². The van der Waals surface area contributed by atoms with Crippen molar-refractivity contribution >= 4 is 34.4 Å². The number of nitrogens with one attached hydrogen (secondary N) is 1. The standard InChI is InChI=1S/C18H17BrN4O2S/c1-11(2)25-15-5-3-4-12(9-15)17-21-22-18(26)23(17)20-10-13-8-14(19)6-7-16(13)24/h3-11,24H,1-2H3,(H,22,26)/b20-10-. The average Bonchev–Trinajstić information content (AvgIpc) is 2.96. The van der Waals surface area contributed by atoms with Gasteiger partial charge < -0.3 is 9.84 Å². The van der Waals surface area contributed by atoms with Crippen LogP contribution in [0.5, 0.6) is 11.5 Å². The van der Waals surface area contributed by atoms with Crippen LogP contribution in [0, 0.1) is 4.77 Å². The molecule has 6 nitrogen and oxygen atoms in total. The van der Waals surface area contributed by atoms with Gasteiger partial charge in [0, 0.05) is 15.6 Å². The van der Waals surface area contributed by atoms with Crippen molar-refractivity contribution in [2.45, 2.75) is 20.0 Å². The number of nitrogens with zero attached hydrogens (tertiary/aromatic N) is 3. The summed E-state index contributed by atoms with van der Waals surface area (Å²) < 4.78 is 8.42. The molecule has 0 saturated carbocycles. The fourth-order valence-electron chi connectivity index (χ4n) is 2.32. The Hall–Kier alpha value is -2.45. The Labute approximate surface area is 164 Å². The van der Waals surface area contributed by atoms with Crippen molar-refractivity contribution in [2.75, 3.05) is 0 Å². The summed E-state index contributed by atoms with van der Waals surface area (Å²) in [6.07, 6.45) is 1.60. The van der Waals surface area contributed by atoms with Crippen LogP contribution < -0.4 is 4.74 Å². The molecule has 0 bridgehead atoms. The van der Waals surface area contributed by atoms with Gasteiger partial charge in [-0.1, -0.05) is 28.1 Å². The molecule has 0 aliphatic rings. The molecule has 0 spiro atoms. The predicted octanol–water partition coefficient (Wildman–Crippen LogP) is 4.75. The normalized spacial score (nSPS) is 11.4. The molecule has 134 valence electrons. The van der Waals surface area contributed by atoms with Gasteiger partial charge in [-0.05, 0) is 56.4 Å². The lowest BCUT2D eigenvalue weighted by molar-refractivity contribution is 0.242. The highest BCUT2D eigenvalue weighted by Crippen LogP contribution is 2.24. The SMILES string of the molecule is CC(C)Oc1cccc(-c2n[nH]c(=S)n2/N=C\c2cc(Br)ccc2O)c1. The minimum Gasteiger partial charge on any atom is -0.507 e. The van der Waals surface area contributed by atoms with Crippen LogP contribution in [-0.2, 0) is 0 Å². The number of ether oxygens (including phenoxy) is 1. The molecular weight excluding hydrogens is 416 g/mol. The fraction of sp³-hybridized carbons (Fsp3) is 0.167. The van der Waals surface area contributed by atoms with Gasteiger partial charge in [0.1, 0.15) is 11.5 Å². The Morgan fingerprint density at radius 2 is 2.12 bits per heavy atom. The Morgan fingerprint density at radius 3 is 2.88 bits per heavy atom. The van der Waals surface area contributed by atoms with E-state index in [1.54, 1.807) is 18.2 Å².